The molecule has 1 saturated heterocycles. The number of carbonyl (C=O) groups excluding carboxylic acids is 2. The summed E-state index contributed by atoms with van der Waals surface area (Å²) in [5.74, 6) is -0.471. The average molecular weight is 296 g/mol. The summed E-state index contributed by atoms with van der Waals surface area (Å²) in [6.07, 6.45) is 2.30. The number of nitrogens with one attached hydrogen (secondary N) is 1. The summed E-state index contributed by atoms with van der Waals surface area (Å²) in [6, 6.07) is 0. The number of hydrogen-bond acceptors (Lipinski definition) is 5. The second-order valence-electron chi connectivity index (χ2n) is 5.01. The molecule has 0 saturated carbocycles. The number of aryl methyl sites for hydroxylation is 1. The molecule has 110 valence electrons. The van der Waals surface area contributed by atoms with Gasteiger partial charge in [0.25, 0.3) is 0 Å². The molecule has 1 N–H and O–H groups in total. The number of carbonyl (C=O) groups is 2. The van der Waals surface area contributed by atoms with Gasteiger partial charge in [0, 0.05) is 4.88 Å². The van der Waals surface area contributed by atoms with Gasteiger partial charge in [0.1, 0.15) is 5.00 Å². The molecule has 0 unspecified atom stereocenters. The summed E-state index contributed by atoms with van der Waals surface area (Å²) < 4.78 is 4.79. The molecule has 20 heavy (non-hydrogen) atoms. The molecule has 2 rings (SSSR count). The van der Waals surface area contributed by atoms with Crippen molar-refractivity contribution < 1.29 is 14.3 Å². The summed E-state index contributed by atoms with van der Waals surface area (Å²) in [5.41, 5.74) is 1.35. The molecule has 0 spiro atoms. The van der Waals surface area contributed by atoms with E-state index in [9.17, 15) is 9.59 Å². The number of hydrogen-bond donors (Lipinski definition) is 1. The van der Waals surface area contributed by atoms with Crippen molar-refractivity contribution in [1.29, 1.82) is 0 Å². The predicted molar refractivity (Wildman–Crippen MR) is 79.4 cm³/mol. The summed E-state index contributed by atoms with van der Waals surface area (Å²) in [6.45, 7) is 6.13. The second kappa shape index (κ2) is 6.37. The normalized spacial score (nSPS) is 15.3. The largest absolute Gasteiger partial charge is 0.465 e. The highest BCUT2D eigenvalue weighted by Crippen LogP contribution is 2.32. The topological polar surface area (TPSA) is 58.6 Å². The van der Waals surface area contributed by atoms with Crippen molar-refractivity contribution in [3.63, 3.8) is 0 Å². The summed E-state index contributed by atoms with van der Waals surface area (Å²) in [7, 11) is 1.35. The van der Waals surface area contributed by atoms with Crippen LogP contribution in [0.1, 0.15) is 33.6 Å². The highest BCUT2D eigenvalue weighted by Gasteiger charge is 2.22. The number of likely N-dealkylation sites (tertiary alicyclic amines) is 1. The Morgan fingerprint density at radius 2 is 1.95 bits per heavy atom. The SMILES string of the molecule is COC(=O)c1c(NC(=O)CN2CCCC2)sc(C)c1C. The molecule has 0 atom stereocenters. The van der Waals surface area contributed by atoms with Crippen LogP contribution in [0.4, 0.5) is 5.00 Å². The third-order valence-corrected chi connectivity index (χ3v) is 4.72. The molecular weight excluding hydrogens is 276 g/mol. The Morgan fingerprint density at radius 1 is 1.30 bits per heavy atom. The lowest BCUT2D eigenvalue weighted by molar-refractivity contribution is -0.117. The zero-order valence-corrected chi connectivity index (χ0v) is 12.9. The van der Waals surface area contributed by atoms with E-state index in [1.165, 1.54) is 18.4 Å². The van der Waals surface area contributed by atoms with Crippen molar-refractivity contribution in [1.82, 2.24) is 4.90 Å². The van der Waals surface area contributed by atoms with E-state index < -0.39 is 5.97 Å². The fraction of sp³-hybridized carbons (Fsp3) is 0.571. The minimum atomic E-state index is -0.400. The lowest BCUT2D eigenvalue weighted by atomic mass is 10.1. The van der Waals surface area contributed by atoms with Gasteiger partial charge in [-0.15, -0.1) is 11.3 Å². The van der Waals surface area contributed by atoms with Gasteiger partial charge >= 0.3 is 5.97 Å². The molecule has 1 amide bonds. The average Bonchev–Trinajstić information content (AvgIpc) is 2.99. The molecule has 1 aliphatic heterocycles. The summed E-state index contributed by atoms with van der Waals surface area (Å²) >= 11 is 1.42. The van der Waals surface area contributed by atoms with Crippen LogP contribution in [0.15, 0.2) is 0 Å². The molecular formula is C14H20N2O3S. The number of nitrogens with zero attached hydrogens (tertiary/aromatic N) is 1. The Balaban J connectivity index is 2.10. The van der Waals surface area contributed by atoms with E-state index >= 15 is 0 Å². The van der Waals surface area contributed by atoms with Gasteiger partial charge in [-0.25, -0.2) is 4.79 Å². The minimum Gasteiger partial charge on any atom is -0.465 e. The van der Waals surface area contributed by atoms with Crippen LogP contribution < -0.4 is 5.32 Å². The molecule has 1 fully saturated rings. The Morgan fingerprint density at radius 3 is 2.55 bits per heavy atom. The predicted octanol–water partition coefficient (Wildman–Crippen LogP) is 2.19. The molecule has 0 radical (unpaired) electrons. The lowest BCUT2D eigenvalue weighted by Gasteiger charge is -2.14. The van der Waals surface area contributed by atoms with Gasteiger partial charge in [0.05, 0.1) is 19.2 Å². The number of rotatable bonds is 4. The van der Waals surface area contributed by atoms with Gasteiger partial charge in [0.2, 0.25) is 5.91 Å². The van der Waals surface area contributed by atoms with E-state index in [0.29, 0.717) is 17.1 Å². The van der Waals surface area contributed by atoms with E-state index in [2.05, 4.69) is 10.2 Å². The third-order valence-electron chi connectivity index (χ3n) is 3.59. The van der Waals surface area contributed by atoms with Crippen molar-refractivity contribution in [2.24, 2.45) is 0 Å². The monoisotopic (exact) mass is 296 g/mol. The Hall–Kier alpha value is -1.40. The first-order valence-corrected chi connectivity index (χ1v) is 7.55. The van der Waals surface area contributed by atoms with Crippen LogP contribution in [0.5, 0.6) is 0 Å². The maximum atomic E-state index is 12.1. The van der Waals surface area contributed by atoms with Gasteiger partial charge in [0.15, 0.2) is 0 Å². The first-order chi connectivity index (χ1) is 9.52. The number of thiophene rings is 1. The number of anilines is 1. The van der Waals surface area contributed by atoms with Gasteiger partial charge in [-0.1, -0.05) is 0 Å². The van der Waals surface area contributed by atoms with Crippen LogP contribution in [0.25, 0.3) is 0 Å². The van der Waals surface area contributed by atoms with Crippen LogP contribution >= 0.6 is 11.3 Å². The van der Waals surface area contributed by atoms with E-state index in [1.54, 1.807) is 0 Å². The van der Waals surface area contributed by atoms with Crippen molar-refractivity contribution in [3.8, 4) is 0 Å². The third kappa shape index (κ3) is 3.19. The Kier molecular flexibility index (Phi) is 4.77. The fourth-order valence-electron chi connectivity index (χ4n) is 2.37. The molecule has 1 aromatic heterocycles. The molecule has 6 heteroatoms. The zero-order chi connectivity index (χ0) is 14.7. The smallest absolute Gasteiger partial charge is 0.341 e. The van der Waals surface area contributed by atoms with Gasteiger partial charge in [-0.2, -0.15) is 0 Å². The van der Waals surface area contributed by atoms with Gasteiger partial charge in [-0.05, 0) is 45.3 Å². The van der Waals surface area contributed by atoms with Gasteiger partial charge < -0.3 is 10.1 Å². The number of esters is 1. The molecule has 0 aliphatic carbocycles. The fourth-order valence-corrected chi connectivity index (χ4v) is 3.44. The highest BCUT2D eigenvalue weighted by molar-refractivity contribution is 7.16. The van der Waals surface area contributed by atoms with Crippen LogP contribution in [0.2, 0.25) is 0 Å². The minimum absolute atomic E-state index is 0.0710. The van der Waals surface area contributed by atoms with Crippen molar-refractivity contribution >= 4 is 28.2 Å². The van der Waals surface area contributed by atoms with Crippen LogP contribution in [-0.2, 0) is 9.53 Å². The molecule has 1 aliphatic rings. The zero-order valence-electron chi connectivity index (χ0n) is 12.1. The molecule has 0 bridgehead atoms. The number of methoxy groups -OCH3 is 1. The quantitative estimate of drug-likeness (QED) is 0.865. The van der Waals surface area contributed by atoms with E-state index in [0.717, 1.165) is 36.4 Å². The van der Waals surface area contributed by atoms with Crippen molar-refractivity contribution in [2.45, 2.75) is 26.7 Å². The second-order valence-corrected chi connectivity index (χ2v) is 6.24. The molecule has 0 aromatic carbocycles. The lowest BCUT2D eigenvalue weighted by Crippen LogP contribution is -2.31. The van der Waals surface area contributed by atoms with Crippen molar-refractivity contribution in [3.05, 3.63) is 16.0 Å². The highest BCUT2D eigenvalue weighted by atomic mass is 32.1. The van der Waals surface area contributed by atoms with Crippen LogP contribution in [0, 0.1) is 13.8 Å². The van der Waals surface area contributed by atoms with Crippen LogP contribution in [0.3, 0.4) is 0 Å². The van der Waals surface area contributed by atoms with Gasteiger partial charge in [-0.3, -0.25) is 9.69 Å². The summed E-state index contributed by atoms with van der Waals surface area (Å²) in [4.78, 5) is 27.0. The Bertz CT molecular complexity index is 519. The maximum Gasteiger partial charge on any atom is 0.341 e. The number of amides is 1. The summed E-state index contributed by atoms with van der Waals surface area (Å²) in [5, 5.41) is 3.44. The molecule has 1 aromatic rings. The molecule has 2 heterocycles. The van der Waals surface area contributed by atoms with E-state index in [4.69, 9.17) is 4.74 Å². The Labute approximate surface area is 122 Å². The standard InChI is InChI=1S/C14H20N2O3S/c1-9-10(2)20-13(12(9)14(18)19-3)15-11(17)8-16-6-4-5-7-16/h4-8H2,1-3H3,(H,15,17). The van der Waals surface area contributed by atoms with Crippen LogP contribution in [-0.4, -0.2) is 43.5 Å². The first kappa shape index (κ1) is 15.0. The van der Waals surface area contributed by atoms with E-state index in [1.807, 2.05) is 13.8 Å². The maximum absolute atomic E-state index is 12.1. The van der Waals surface area contributed by atoms with Crippen molar-refractivity contribution in [2.75, 3.05) is 32.1 Å². The molecule has 5 nitrogen and oxygen atoms in total. The first-order valence-electron chi connectivity index (χ1n) is 6.73. The van der Waals surface area contributed by atoms with E-state index in [-0.39, 0.29) is 5.91 Å². The number of ether oxygens (including phenoxy) is 1.